The van der Waals surface area contributed by atoms with Gasteiger partial charge in [0.05, 0.1) is 0 Å². The minimum Gasteiger partial charge on any atom is -0.330 e. The molecular formula is C8H13NOS2. The summed E-state index contributed by atoms with van der Waals surface area (Å²) in [7, 11) is -0.725. The highest BCUT2D eigenvalue weighted by Gasteiger charge is 1.99. The molecule has 1 rings (SSSR count). The van der Waals surface area contributed by atoms with Gasteiger partial charge in [0.1, 0.15) is 0 Å². The number of rotatable bonds is 5. The molecule has 68 valence electrons. The van der Waals surface area contributed by atoms with Crippen LogP contribution in [0.4, 0.5) is 0 Å². The molecule has 0 spiro atoms. The molecule has 0 aliphatic carbocycles. The molecule has 1 aromatic heterocycles. The van der Waals surface area contributed by atoms with Gasteiger partial charge in [0.2, 0.25) is 0 Å². The number of hydrogen-bond donors (Lipinski definition) is 1. The van der Waals surface area contributed by atoms with E-state index in [0.717, 1.165) is 12.2 Å². The smallest absolute Gasteiger partial charge is 0.0357 e. The van der Waals surface area contributed by atoms with Crippen LogP contribution < -0.4 is 5.73 Å². The first-order chi connectivity index (χ1) is 5.83. The Bertz CT molecular complexity index is 233. The van der Waals surface area contributed by atoms with E-state index in [0.29, 0.717) is 12.3 Å². The molecule has 1 atom stereocenters. The fourth-order valence-electron chi connectivity index (χ4n) is 0.900. The Kier molecular flexibility index (Phi) is 4.50. The van der Waals surface area contributed by atoms with Crippen LogP contribution in [0, 0.1) is 0 Å². The largest absolute Gasteiger partial charge is 0.330 e. The molecule has 1 aromatic rings. The predicted molar refractivity (Wildman–Crippen MR) is 55.0 cm³/mol. The van der Waals surface area contributed by atoms with Crippen LogP contribution in [0.2, 0.25) is 0 Å². The Hall–Kier alpha value is -0.190. The van der Waals surface area contributed by atoms with Crippen LogP contribution in [0.15, 0.2) is 16.8 Å². The minimum absolute atomic E-state index is 0.524. The van der Waals surface area contributed by atoms with Gasteiger partial charge in [0.25, 0.3) is 0 Å². The summed E-state index contributed by atoms with van der Waals surface area (Å²) < 4.78 is 11.2. The Morgan fingerprint density at radius 3 is 2.92 bits per heavy atom. The van der Waals surface area contributed by atoms with Gasteiger partial charge in [0, 0.05) is 28.9 Å². The van der Waals surface area contributed by atoms with E-state index in [4.69, 9.17) is 5.73 Å². The highest BCUT2D eigenvalue weighted by Crippen LogP contribution is 2.06. The molecule has 4 heteroatoms. The van der Waals surface area contributed by atoms with E-state index >= 15 is 0 Å². The van der Waals surface area contributed by atoms with Gasteiger partial charge in [0.15, 0.2) is 0 Å². The number of hydrogen-bond acceptors (Lipinski definition) is 3. The molecule has 12 heavy (non-hydrogen) atoms. The molecule has 0 bridgehead atoms. The summed E-state index contributed by atoms with van der Waals surface area (Å²) >= 11 is 1.68. The molecule has 0 fully saturated rings. The lowest BCUT2D eigenvalue weighted by Gasteiger charge is -1.97. The van der Waals surface area contributed by atoms with Crippen molar-refractivity contribution in [2.45, 2.75) is 6.42 Å². The Balaban J connectivity index is 2.22. The van der Waals surface area contributed by atoms with Gasteiger partial charge < -0.3 is 5.73 Å². The molecule has 0 saturated carbocycles. The normalized spacial score (nSPS) is 13.1. The molecule has 0 aliphatic heterocycles. The van der Waals surface area contributed by atoms with Crippen LogP contribution in [-0.2, 0) is 17.2 Å². The van der Waals surface area contributed by atoms with Crippen LogP contribution in [0.3, 0.4) is 0 Å². The van der Waals surface area contributed by atoms with Crippen molar-refractivity contribution in [3.05, 3.63) is 22.4 Å². The molecule has 2 N–H and O–H groups in total. The third kappa shape index (κ3) is 3.47. The topological polar surface area (TPSA) is 43.1 Å². The zero-order chi connectivity index (χ0) is 8.81. The molecule has 1 unspecified atom stereocenters. The average molecular weight is 203 g/mol. The molecule has 0 saturated heterocycles. The van der Waals surface area contributed by atoms with Gasteiger partial charge in [-0.15, -0.1) is 0 Å². The second kappa shape index (κ2) is 5.45. The van der Waals surface area contributed by atoms with Gasteiger partial charge in [-0.1, -0.05) is 0 Å². The lowest BCUT2D eigenvalue weighted by atomic mass is 10.3. The van der Waals surface area contributed by atoms with Crippen molar-refractivity contribution in [1.29, 1.82) is 0 Å². The maximum absolute atomic E-state index is 11.2. The predicted octanol–water partition coefficient (Wildman–Crippen LogP) is 0.998. The summed E-state index contributed by atoms with van der Waals surface area (Å²) in [6.07, 6.45) is 0.913. The van der Waals surface area contributed by atoms with E-state index in [-0.39, 0.29) is 0 Å². The van der Waals surface area contributed by atoms with Crippen molar-refractivity contribution in [1.82, 2.24) is 0 Å². The van der Waals surface area contributed by atoms with E-state index in [1.807, 2.05) is 5.38 Å². The van der Waals surface area contributed by atoms with Crippen LogP contribution in [-0.4, -0.2) is 22.3 Å². The first-order valence-electron chi connectivity index (χ1n) is 3.89. The quantitative estimate of drug-likeness (QED) is 0.776. The first kappa shape index (κ1) is 9.89. The highest BCUT2D eigenvalue weighted by molar-refractivity contribution is 7.85. The van der Waals surface area contributed by atoms with Crippen molar-refractivity contribution in [3.63, 3.8) is 0 Å². The number of aryl methyl sites for hydroxylation is 1. The fourth-order valence-corrected chi connectivity index (χ4v) is 2.53. The van der Waals surface area contributed by atoms with Crippen molar-refractivity contribution >= 4 is 22.1 Å². The van der Waals surface area contributed by atoms with Crippen LogP contribution in [0.25, 0.3) is 0 Å². The maximum atomic E-state index is 11.2. The van der Waals surface area contributed by atoms with Gasteiger partial charge in [-0.3, -0.25) is 4.21 Å². The second-order valence-corrected chi connectivity index (χ2v) is 4.99. The summed E-state index contributed by atoms with van der Waals surface area (Å²) in [5, 5.41) is 4.14. The molecule has 0 aromatic carbocycles. The third-order valence-electron chi connectivity index (χ3n) is 1.54. The summed E-state index contributed by atoms with van der Waals surface area (Å²) in [5.41, 5.74) is 6.57. The van der Waals surface area contributed by atoms with Crippen molar-refractivity contribution in [3.8, 4) is 0 Å². The standard InChI is InChI=1S/C8H13NOS2/c9-3-6-12(10)5-2-8-1-4-11-7-8/h1,4,7H,2-3,5-6,9H2. The highest BCUT2D eigenvalue weighted by atomic mass is 32.2. The zero-order valence-corrected chi connectivity index (χ0v) is 8.50. The fraction of sp³-hybridized carbons (Fsp3) is 0.500. The monoisotopic (exact) mass is 203 g/mol. The van der Waals surface area contributed by atoms with Gasteiger partial charge in [-0.25, -0.2) is 0 Å². The first-order valence-corrected chi connectivity index (χ1v) is 6.32. The maximum Gasteiger partial charge on any atom is 0.0357 e. The van der Waals surface area contributed by atoms with Crippen molar-refractivity contribution < 1.29 is 4.21 Å². The summed E-state index contributed by atoms with van der Waals surface area (Å²) in [6.45, 7) is 0.524. The van der Waals surface area contributed by atoms with E-state index in [1.54, 1.807) is 11.3 Å². The van der Waals surface area contributed by atoms with Gasteiger partial charge >= 0.3 is 0 Å². The Labute approximate surface area is 79.2 Å². The van der Waals surface area contributed by atoms with Crippen LogP contribution >= 0.6 is 11.3 Å². The summed E-state index contributed by atoms with van der Waals surface area (Å²) in [6, 6.07) is 2.07. The average Bonchev–Trinajstić information content (AvgIpc) is 2.53. The van der Waals surface area contributed by atoms with E-state index < -0.39 is 10.8 Å². The molecule has 0 aliphatic rings. The lowest BCUT2D eigenvalue weighted by Crippen LogP contribution is -2.13. The number of thiophene rings is 1. The molecule has 1 heterocycles. The van der Waals surface area contributed by atoms with Gasteiger partial charge in [-0.2, -0.15) is 11.3 Å². The minimum atomic E-state index is -0.725. The SMILES string of the molecule is NCCS(=O)CCc1ccsc1. The van der Waals surface area contributed by atoms with Crippen LogP contribution in [0.5, 0.6) is 0 Å². The van der Waals surface area contributed by atoms with Crippen molar-refractivity contribution in [2.24, 2.45) is 5.73 Å². The van der Waals surface area contributed by atoms with Crippen molar-refractivity contribution in [2.75, 3.05) is 18.1 Å². The molecular weight excluding hydrogens is 190 g/mol. The second-order valence-electron chi connectivity index (χ2n) is 2.52. The summed E-state index contributed by atoms with van der Waals surface area (Å²) in [5.74, 6) is 1.37. The summed E-state index contributed by atoms with van der Waals surface area (Å²) in [4.78, 5) is 0. The van der Waals surface area contributed by atoms with E-state index in [9.17, 15) is 4.21 Å². The number of nitrogens with two attached hydrogens (primary N) is 1. The molecule has 0 amide bonds. The zero-order valence-electron chi connectivity index (χ0n) is 6.86. The third-order valence-corrected chi connectivity index (χ3v) is 3.63. The Morgan fingerprint density at radius 2 is 2.33 bits per heavy atom. The molecule has 2 nitrogen and oxygen atoms in total. The van der Waals surface area contributed by atoms with E-state index in [2.05, 4.69) is 11.4 Å². The molecule has 0 radical (unpaired) electrons. The Morgan fingerprint density at radius 1 is 1.50 bits per heavy atom. The van der Waals surface area contributed by atoms with E-state index in [1.165, 1.54) is 5.56 Å². The van der Waals surface area contributed by atoms with Crippen LogP contribution in [0.1, 0.15) is 5.56 Å². The lowest BCUT2D eigenvalue weighted by molar-refractivity contribution is 0.682. The van der Waals surface area contributed by atoms with Gasteiger partial charge in [-0.05, 0) is 28.8 Å².